The smallest absolute Gasteiger partial charge is 0.266 e. The average Bonchev–Trinajstić information content (AvgIpc) is 2.76. The molecule has 0 unspecified atom stereocenters. The van der Waals surface area contributed by atoms with Crippen LogP contribution in [0, 0.1) is 0 Å². The lowest BCUT2D eigenvalue weighted by molar-refractivity contribution is 0.0517. The van der Waals surface area contributed by atoms with Gasteiger partial charge in [0.05, 0.1) is 5.69 Å². The van der Waals surface area contributed by atoms with Crippen LogP contribution in [0.2, 0.25) is 0 Å². The number of carbonyl (C=O) groups is 1. The molecule has 0 spiro atoms. The topological polar surface area (TPSA) is 72.1 Å². The van der Waals surface area contributed by atoms with E-state index in [-0.39, 0.29) is 18.0 Å². The zero-order valence-corrected chi connectivity index (χ0v) is 12.5. The van der Waals surface area contributed by atoms with E-state index in [1.165, 1.54) is 17.8 Å². The molecule has 2 aromatic heterocycles. The molecular weight excluding hydrogens is 272 g/mol. The first kappa shape index (κ1) is 13.3. The highest BCUT2D eigenvalue weighted by atomic mass is 32.1. The summed E-state index contributed by atoms with van der Waals surface area (Å²) in [4.78, 5) is 24.5. The van der Waals surface area contributed by atoms with Gasteiger partial charge in [0, 0.05) is 24.5 Å². The summed E-state index contributed by atoms with van der Waals surface area (Å²) >= 11 is 1.34. The van der Waals surface area contributed by atoms with Gasteiger partial charge >= 0.3 is 0 Å². The quantitative estimate of drug-likeness (QED) is 0.876. The first-order chi connectivity index (χ1) is 9.59. The number of nitrogens with zero attached hydrogens (tertiary/aromatic N) is 3. The first-order valence-corrected chi connectivity index (χ1v) is 7.73. The molecule has 0 radical (unpaired) electrons. The third-order valence-electron chi connectivity index (χ3n) is 3.99. The molecule has 20 heavy (non-hydrogen) atoms. The number of hydrogen-bond donors (Lipinski definition) is 1. The fourth-order valence-corrected chi connectivity index (χ4v) is 3.91. The predicted molar refractivity (Wildman–Crippen MR) is 80.8 cm³/mol. The number of fused-ring (bicyclic) bond motifs is 1. The second-order valence-corrected chi connectivity index (χ2v) is 6.40. The summed E-state index contributed by atoms with van der Waals surface area (Å²) in [5.41, 5.74) is 7.20. The molecule has 6 heteroatoms. The molecular formula is C14H18N4OS. The van der Waals surface area contributed by atoms with Crippen LogP contribution in [0.4, 0.5) is 5.69 Å². The van der Waals surface area contributed by atoms with Crippen LogP contribution in [0.25, 0.3) is 10.3 Å². The summed E-state index contributed by atoms with van der Waals surface area (Å²) < 4.78 is 0. The van der Waals surface area contributed by atoms with Crippen molar-refractivity contribution >= 4 is 33.3 Å². The van der Waals surface area contributed by atoms with Gasteiger partial charge in [0.2, 0.25) is 0 Å². The van der Waals surface area contributed by atoms with Crippen molar-refractivity contribution in [2.24, 2.45) is 0 Å². The second-order valence-electron chi connectivity index (χ2n) is 5.40. The molecule has 5 nitrogen and oxygen atoms in total. The van der Waals surface area contributed by atoms with Gasteiger partial charge in [0.25, 0.3) is 5.91 Å². The molecule has 106 valence electrons. The fourth-order valence-electron chi connectivity index (χ4n) is 2.94. The number of amides is 1. The molecule has 0 bridgehead atoms. The maximum absolute atomic E-state index is 12.8. The van der Waals surface area contributed by atoms with Crippen LogP contribution in [0.1, 0.15) is 42.8 Å². The molecule has 2 N–H and O–H groups in total. The zero-order chi connectivity index (χ0) is 14.3. The average molecular weight is 290 g/mol. The van der Waals surface area contributed by atoms with Gasteiger partial charge in [0.1, 0.15) is 15.2 Å². The van der Waals surface area contributed by atoms with Crippen molar-refractivity contribution in [1.82, 2.24) is 14.9 Å². The van der Waals surface area contributed by atoms with Gasteiger partial charge in [-0.15, -0.1) is 11.3 Å². The van der Waals surface area contributed by atoms with Gasteiger partial charge in [-0.1, -0.05) is 0 Å². The summed E-state index contributed by atoms with van der Waals surface area (Å²) in [6.45, 7) is 4.21. The molecule has 1 saturated heterocycles. The fraction of sp³-hybridized carbons (Fsp3) is 0.500. The minimum Gasteiger partial charge on any atom is -0.396 e. The Morgan fingerprint density at radius 3 is 2.60 bits per heavy atom. The van der Waals surface area contributed by atoms with Gasteiger partial charge < -0.3 is 10.6 Å². The van der Waals surface area contributed by atoms with Crippen LogP contribution in [0.15, 0.2) is 12.4 Å². The van der Waals surface area contributed by atoms with Crippen molar-refractivity contribution in [3.05, 3.63) is 17.3 Å². The van der Waals surface area contributed by atoms with E-state index in [2.05, 4.69) is 23.8 Å². The van der Waals surface area contributed by atoms with Crippen LogP contribution in [-0.2, 0) is 0 Å². The molecule has 1 aliphatic heterocycles. The Bertz CT molecular complexity index is 644. The summed E-state index contributed by atoms with van der Waals surface area (Å²) in [6.07, 6.45) is 6.51. The van der Waals surface area contributed by atoms with E-state index in [0.717, 1.165) is 17.7 Å². The lowest BCUT2D eigenvalue weighted by Crippen LogP contribution is -2.47. The number of anilines is 1. The molecule has 3 rings (SSSR count). The lowest BCUT2D eigenvalue weighted by Gasteiger charge is -2.38. The molecule has 3 heterocycles. The number of nitrogen functional groups attached to an aromatic ring is 1. The number of carbonyl (C=O) groups excluding carboxylic acids is 1. The minimum absolute atomic E-state index is 0.0204. The standard InChI is InChI=1S/C14H18N4OS/c1-8-4-3-5-9(2)18(8)14(19)12-10(15)11-13(20-12)17-7-6-16-11/h6-9H,3-5,15H2,1-2H3/t8-,9+. The van der Waals surface area contributed by atoms with Crippen molar-refractivity contribution in [2.75, 3.05) is 5.73 Å². The van der Waals surface area contributed by atoms with Gasteiger partial charge in [-0.25, -0.2) is 9.97 Å². The summed E-state index contributed by atoms with van der Waals surface area (Å²) in [5, 5.41) is 0. The molecule has 0 aliphatic carbocycles. The van der Waals surface area contributed by atoms with E-state index >= 15 is 0 Å². The normalized spacial score (nSPS) is 23.2. The van der Waals surface area contributed by atoms with Gasteiger partial charge in [-0.2, -0.15) is 0 Å². The number of piperidine rings is 1. The lowest BCUT2D eigenvalue weighted by atomic mass is 9.97. The largest absolute Gasteiger partial charge is 0.396 e. The highest BCUT2D eigenvalue weighted by Crippen LogP contribution is 2.34. The van der Waals surface area contributed by atoms with E-state index in [9.17, 15) is 4.79 Å². The second kappa shape index (κ2) is 5.01. The highest BCUT2D eigenvalue weighted by Gasteiger charge is 2.32. The number of nitrogens with two attached hydrogens (primary N) is 1. The van der Waals surface area contributed by atoms with E-state index < -0.39 is 0 Å². The van der Waals surface area contributed by atoms with Crippen molar-refractivity contribution in [1.29, 1.82) is 0 Å². The Hall–Kier alpha value is -1.69. The molecule has 1 aliphatic rings. The molecule has 0 aromatic carbocycles. The summed E-state index contributed by atoms with van der Waals surface area (Å²) in [6, 6.07) is 0.522. The Balaban J connectivity index is 2.01. The Morgan fingerprint density at radius 1 is 1.30 bits per heavy atom. The van der Waals surface area contributed by atoms with Crippen LogP contribution >= 0.6 is 11.3 Å². The summed E-state index contributed by atoms with van der Waals surface area (Å²) in [7, 11) is 0. The van der Waals surface area contributed by atoms with E-state index in [1.807, 2.05) is 4.90 Å². The van der Waals surface area contributed by atoms with Gasteiger partial charge in [-0.3, -0.25) is 4.79 Å². The number of likely N-dealkylation sites (tertiary alicyclic amines) is 1. The molecule has 0 saturated carbocycles. The third kappa shape index (κ3) is 2.04. The number of aromatic nitrogens is 2. The van der Waals surface area contributed by atoms with Crippen molar-refractivity contribution < 1.29 is 4.79 Å². The molecule has 2 aromatic rings. The zero-order valence-electron chi connectivity index (χ0n) is 11.7. The van der Waals surface area contributed by atoms with Crippen LogP contribution in [0.5, 0.6) is 0 Å². The van der Waals surface area contributed by atoms with Crippen molar-refractivity contribution in [2.45, 2.75) is 45.2 Å². The third-order valence-corrected chi connectivity index (χ3v) is 5.08. The Labute approximate surface area is 121 Å². The van der Waals surface area contributed by atoms with Crippen LogP contribution in [0.3, 0.4) is 0 Å². The van der Waals surface area contributed by atoms with Crippen molar-refractivity contribution in [3.63, 3.8) is 0 Å². The van der Waals surface area contributed by atoms with E-state index in [0.29, 0.717) is 16.1 Å². The van der Waals surface area contributed by atoms with Crippen LogP contribution in [-0.4, -0.2) is 32.9 Å². The molecule has 1 fully saturated rings. The SMILES string of the molecule is C[C@@H]1CCC[C@H](C)N1C(=O)c1sc2nccnc2c1N. The Kier molecular flexibility index (Phi) is 3.33. The first-order valence-electron chi connectivity index (χ1n) is 6.91. The molecule has 2 atom stereocenters. The Morgan fingerprint density at radius 2 is 1.95 bits per heavy atom. The molecule has 1 amide bonds. The van der Waals surface area contributed by atoms with Gasteiger partial charge in [0.15, 0.2) is 0 Å². The van der Waals surface area contributed by atoms with E-state index in [4.69, 9.17) is 5.73 Å². The minimum atomic E-state index is 0.0204. The van der Waals surface area contributed by atoms with Crippen molar-refractivity contribution in [3.8, 4) is 0 Å². The van der Waals surface area contributed by atoms with Crippen LogP contribution < -0.4 is 5.73 Å². The predicted octanol–water partition coefficient (Wildman–Crippen LogP) is 2.68. The highest BCUT2D eigenvalue weighted by molar-refractivity contribution is 7.21. The summed E-state index contributed by atoms with van der Waals surface area (Å²) in [5.74, 6) is 0.0204. The maximum atomic E-state index is 12.8. The number of hydrogen-bond acceptors (Lipinski definition) is 5. The maximum Gasteiger partial charge on any atom is 0.266 e. The monoisotopic (exact) mass is 290 g/mol. The number of rotatable bonds is 1. The number of thiophene rings is 1. The van der Waals surface area contributed by atoms with E-state index in [1.54, 1.807) is 12.4 Å². The van der Waals surface area contributed by atoms with Gasteiger partial charge in [-0.05, 0) is 33.1 Å².